The first kappa shape index (κ1) is 22.6. The number of carbonyl (C=O) groups excluding carboxylic acids is 1. The summed E-state index contributed by atoms with van der Waals surface area (Å²) in [5.74, 6) is -0.760. The van der Waals surface area contributed by atoms with E-state index in [1.165, 1.54) is 24.5 Å². The molecule has 0 atom stereocenters. The van der Waals surface area contributed by atoms with Crippen LogP contribution in [0.4, 0.5) is 0 Å². The molecule has 176 valence electrons. The molecule has 0 spiro atoms. The average Bonchev–Trinajstić information content (AvgIpc) is 3.51. The third-order valence-electron chi connectivity index (χ3n) is 5.76. The Morgan fingerprint density at radius 3 is 2.40 bits per heavy atom. The van der Waals surface area contributed by atoms with Crippen molar-refractivity contribution in [3.8, 4) is 0 Å². The summed E-state index contributed by atoms with van der Waals surface area (Å²) in [7, 11) is -3.59. The van der Waals surface area contributed by atoms with Crippen molar-refractivity contribution in [2.45, 2.75) is 23.7 Å². The maximum atomic E-state index is 12.7. The summed E-state index contributed by atoms with van der Waals surface area (Å²) in [4.78, 5) is 17.3. The molecule has 0 aliphatic carbocycles. The molecule has 2 heterocycles. The van der Waals surface area contributed by atoms with E-state index in [0.717, 1.165) is 22.2 Å². The van der Waals surface area contributed by atoms with Crippen LogP contribution in [0.2, 0.25) is 0 Å². The Hall–Kier alpha value is -4.17. The predicted octanol–water partition coefficient (Wildman–Crippen LogP) is 4.58. The highest BCUT2D eigenvalue weighted by molar-refractivity contribution is 7.90. The van der Waals surface area contributed by atoms with Gasteiger partial charge in [-0.3, -0.25) is 4.79 Å². The molecular formula is C27H23N3O4S. The number of fused-ring (bicyclic) bond motifs is 1. The van der Waals surface area contributed by atoms with Crippen LogP contribution in [0.5, 0.6) is 0 Å². The van der Waals surface area contributed by atoms with Gasteiger partial charge in [0.15, 0.2) is 15.6 Å². The highest BCUT2D eigenvalue weighted by Gasteiger charge is 2.22. The number of nitrogens with one attached hydrogen (secondary N) is 1. The van der Waals surface area contributed by atoms with Gasteiger partial charge in [0.2, 0.25) is 0 Å². The minimum absolute atomic E-state index is 0.00751. The van der Waals surface area contributed by atoms with Crippen LogP contribution in [0.25, 0.3) is 11.0 Å². The molecule has 0 radical (unpaired) electrons. The van der Waals surface area contributed by atoms with Crippen molar-refractivity contribution in [2.75, 3.05) is 0 Å². The predicted molar refractivity (Wildman–Crippen MR) is 132 cm³/mol. The number of carbonyl (C=O) groups is 1. The molecule has 0 saturated carbocycles. The minimum Gasteiger partial charge on any atom is -0.459 e. The Bertz CT molecular complexity index is 1570. The van der Waals surface area contributed by atoms with Crippen molar-refractivity contribution in [3.05, 3.63) is 120 Å². The number of nitrogens with zero attached hydrogens (tertiary/aromatic N) is 2. The molecule has 0 bridgehead atoms. The summed E-state index contributed by atoms with van der Waals surface area (Å²) < 4.78 is 32.8. The third kappa shape index (κ3) is 5.02. The lowest BCUT2D eigenvalue weighted by atomic mass is 10.1. The van der Waals surface area contributed by atoms with Gasteiger partial charge in [0, 0.05) is 18.7 Å². The molecule has 0 aliphatic rings. The van der Waals surface area contributed by atoms with Crippen LogP contribution >= 0.6 is 0 Å². The first-order valence-electron chi connectivity index (χ1n) is 11.1. The molecular weight excluding hydrogens is 462 g/mol. The largest absolute Gasteiger partial charge is 0.459 e. The van der Waals surface area contributed by atoms with Gasteiger partial charge < -0.3 is 14.3 Å². The van der Waals surface area contributed by atoms with Gasteiger partial charge in [-0.1, -0.05) is 54.6 Å². The maximum absolute atomic E-state index is 12.7. The molecule has 7 nitrogen and oxygen atoms in total. The van der Waals surface area contributed by atoms with E-state index >= 15 is 0 Å². The first-order valence-corrected chi connectivity index (χ1v) is 12.7. The first-order chi connectivity index (χ1) is 17.0. The molecule has 5 rings (SSSR count). The van der Waals surface area contributed by atoms with Gasteiger partial charge in [-0.05, 0) is 41.5 Å². The van der Waals surface area contributed by atoms with Crippen molar-refractivity contribution in [2.24, 2.45) is 0 Å². The SMILES string of the molecule is O=C(NCc1ccc(Cn2cnc3ccccc32)cc1)c1occc1CS(=O)(=O)c1ccccc1. The van der Waals surface area contributed by atoms with Crippen molar-refractivity contribution in [1.82, 2.24) is 14.9 Å². The van der Waals surface area contributed by atoms with Gasteiger partial charge >= 0.3 is 0 Å². The maximum Gasteiger partial charge on any atom is 0.287 e. The topological polar surface area (TPSA) is 94.2 Å². The number of sulfone groups is 1. The summed E-state index contributed by atoms with van der Waals surface area (Å²) in [5, 5.41) is 2.81. The van der Waals surface area contributed by atoms with Crippen LogP contribution in [-0.4, -0.2) is 23.9 Å². The van der Waals surface area contributed by atoms with Gasteiger partial charge in [-0.25, -0.2) is 13.4 Å². The zero-order chi connectivity index (χ0) is 24.3. The molecule has 1 N–H and O–H groups in total. The van der Waals surface area contributed by atoms with Gasteiger partial charge in [0.1, 0.15) is 0 Å². The highest BCUT2D eigenvalue weighted by atomic mass is 32.2. The minimum atomic E-state index is -3.59. The highest BCUT2D eigenvalue weighted by Crippen LogP contribution is 2.20. The lowest BCUT2D eigenvalue weighted by Crippen LogP contribution is -2.23. The summed E-state index contributed by atoms with van der Waals surface area (Å²) in [6.45, 7) is 0.984. The van der Waals surface area contributed by atoms with E-state index in [-0.39, 0.29) is 16.4 Å². The number of hydrogen-bond donors (Lipinski definition) is 1. The molecule has 35 heavy (non-hydrogen) atoms. The molecule has 5 aromatic rings. The van der Waals surface area contributed by atoms with Crippen LogP contribution in [-0.2, 0) is 28.7 Å². The quantitative estimate of drug-likeness (QED) is 0.347. The Kier molecular flexibility index (Phi) is 6.20. The van der Waals surface area contributed by atoms with E-state index in [0.29, 0.717) is 18.7 Å². The normalized spacial score (nSPS) is 11.5. The van der Waals surface area contributed by atoms with E-state index in [9.17, 15) is 13.2 Å². The second-order valence-electron chi connectivity index (χ2n) is 8.21. The lowest BCUT2D eigenvalue weighted by Gasteiger charge is -2.08. The number of benzene rings is 3. The number of rotatable bonds is 8. The van der Waals surface area contributed by atoms with Gasteiger partial charge in [0.25, 0.3) is 5.91 Å². The fraction of sp³-hybridized carbons (Fsp3) is 0.111. The second kappa shape index (κ2) is 9.60. The number of para-hydroxylation sites is 2. The summed E-state index contributed by atoms with van der Waals surface area (Å²) in [5.41, 5.74) is 4.40. The molecule has 1 amide bonds. The zero-order valence-electron chi connectivity index (χ0n) is 18.8. The van der Waals surface area contributed by atoms with Crippen LogP contribution in [0.1, 0.15) is 27.2 Å². The van der Waals surface area contributed by atoms with Crippen molar-refractivity contribution in [3.63, 3.8) is 0 Å². The van der Waals surface area contributed by atoms with Gasteiger partial charge in [-0.2, -0.15) is 0 Å². The van der Waals surface area contributed by atoms with Crippen LogP contribution < -0.4 is 5.32 Å². The summed E-state index contributed by atoms with van der Waals surface area (Å²) in [6, 6.07) is 25.6. The van der Waals surface area contributed by atoms with Crippen LogP contribution in [0.15, 0.2) is 107 Å². The number of imidazole rings is 1. The van der Waals surface area contributed by atoms with Gasteiger partial charge in [-0.15, -0.1) is 0 Å². The zero-order valence-corrected chi connectivity index (χ0v) is 19.6. The molecule has 0 aliphatic heterocycles. The lowest BCUT2D eigenvalue weighted by molar-refractivity contribution is 0.0922. The molecule has 0 saturated heterocycles. The Balaban J connectivity index is 1.21. The van der Waals surface area contributed by atoms with Gasteiger partial charge in [0.05, 0.1) is 34.3 Å². The number of amides is 1. The van der Waals surface area contributed by atoms with E-state index < -0.39 is 15.7 Å². The summed E-state index contributed by atoms with van der Waals surface area (Å²) >= 11 is 0. The fourth-order valence-corrected chi connectivity index (χ4v) is 5.30. The third-order valence-corrected chi connectivity index (χ3v) is 7.44. The van der Waals surface area contributed by atoms with E-state index in [2.05, 4.69) is 14.9 Å². The Morgan fingerprint density at radius 2 is 1.60 bits per heavy atom. The molecule has 8 heteroatoms. The number of hydrogen-bond acceptors (Lipinski definition) is 5. The van der Waals surface area contributed by atoms with Crippen molar-refractivity contribution < 1.29 is 17.6 Å². The Labute approximate surface area is 203 Å². The van der Waals surface area contributed by atoms with E-state index in [1.807, 2.05) is 54.9 Å². The monoisotopic (exact) mass is 485 g/mol. The van der Waals surface area contributed by atoms with E-state index in [4.69, 9.17) is 4.42 Å². The average molecular weight is 486 g/mol. The molecule has 2 aromatic heterocycles. The number of aromatic nitrogens is 2. The van der Waals surface area contributed by atoms with E-state index in [1.54, 1.807) is 18.2 Å². The molecule has 0 unspecified atom stereocenters. The van der Waals surface area contributed by atoms with Crippen LogP contribution in [0.3, 0.4) is 0 Å². The second-order valence-corrected chi connectivity index (χ2v) is 10.2. The van der Waals surface area contributed by atoms with Crippen LogP contribution in [0, 0.1) is 0 Å². The molecule has 0 fully saturated rings. The standard InChI is InChI=1S/C27H23N3O4S/c31-27(26-22(14-15-34-26)18-35(32,33)23-6-2-1-3-7-23)28-16-20-10-12-21(13-11-20)17-30-19-29-24-8-4-5-9-25(24)30/h1-15,19H,16-18H2,(H,28,31). The number of furan rings is 1. The Morgan fingerprint density at radius 1 is 0.886 bits per heavy atom. The van der Waals surface area contributed by atoms with Crippen molar-refractivity contribution >= 4 is 26.8 Å². The molecule has 3 aromatic carbocycles. The van der Waals surface area contributed by atoms with Crippen molar-refractivity contribution in [1.29, 1.82) is 0 Å². The summed E-state index contributed by atoms with van der Waals surface area (Å²) in [6.07, 6.45) is 3.16. The fourth-order valence-electron chi connectivity index (χ4n) is 3.92. The smallest absolute Gasteiger partial charge is 0.287 e.